The standard InChI is InChI=1S/C24H30N2O4/c1-17(2)12-14-30-19-8-5-7-18(15-19)23(27)26-22-11-4-3-10-21(22)24(28)25-16-20-9-6-13-29-20/h3-5,7-8,10-11,15,17,20H,6,9,12-14,16H2,1-2H3,(H,25,28)(H,26,27)/t20-/m0/s1. The van der Waals surface area contributed by atoms with Gasteiger partial charge < -0.3 is 20.1 Å². The molecule has 1 atom stereocenters. The third kappa shape index (κ3) is 6.32. The van der Waals surface area contributed by atoms with Crippen molar-refractivity contribution in [1.82, 2.24) is 5.32 Å². The molecule has 6 heteroatoms. The third-order valence-corrected chi connectivity index (χ3v) is 4.99. The Morgan fingerprint density at radius 2 is 1.97 bits per heavy atom. The fraction of sp³-hybridized carbons (Fsp3) is 0.417. The van der Waals surface area contributed by atoms with Gasteiger partial charge in [0.25, 0.3) is 11.8 Å². The zero-order valence-electron chi connectivity index (χ0n) is 17.6. The average Bonchev–Trinajstić information content (AvgIpc) is 3.26. The van der Waals surface area contributed by atoms with Crippen molar-refractivity contribution < 1.29 is 19.1 Å². The molecule has 0 unspecified atom stereocenters. The third-order valence-electron chi connectivity index (χ3n) is 4.99. The first-order chi connectivity index (χ1) is 14.5. The van der Waals surface area contributed by atoms with Crippen LogP contribution in [0, 0.1) is 5.92 Å². The van der Waals surface area contributed by atoms with E-state index in [4.69, 9.17) is 9.47 Å². The number of hydrogen-bond acceptors (Lipinski definition) is 4. The molecule has 3 rings (SSSR count). The van der Waals surface area contributed by atoms with Gasteiger partial charge in [0.15, 0.2) is 0 Å². The van der Waals surface area contributed by atoms with Gasteiger partial charge in [0.05, 0.1) is 24.0 Å². The number of anilines is 1. The van der Waals surface area contributed by atoms with E-state index in [1.807, 2.05) is 6.07 Å². The van der Waals surface area contributed by atoms with Crippen molar-refractivity contribution >= 4 is 17.5 Å². The van der Waals surface area contributed by atoms with E-state index in [9.17, 15) is 9.59 Å². The number of carbonyl (C=O) groups is 2. The van der Waals surface area contributed by atoms with Gasteiger partial charge in [-0.05, 0) is 55.5 Å². The van der Waals surface area contributed by atoms with E-state index < -0.39 is 0 Å². The van der Waals surface area contributed by atoms with Crippen LogP contribution in [0.3, 0.4) is 0 Å². The number of para-hydroxylation sites is 1. The van der Waals surface area contributed by atoms with E-state index in [0.717, 1.165) is 25.9 Å². The predicted octanol–water partition coefficient (Wildman–Crippen LogP) is 4.27. The van der Waals surface area contributed by atoms with E-state index >= 15 is 0 Å². The van der Waals surface area contributed by atoms with Crippen molar-refractivity contribution in [1.29, 1.82) is 0 Å². The molecule has 0 spiro atoms. The van der Waals surface area contributed by atoms with Crippen molar-refractivity contribution in [3.05, 3.63) is 59.7 Å². The average molecular weight is 411 g/mol. The normalized spacial score (nSPS) is 15.8. The first kappa shape index (κ1) is 21.8. The van der Waals surface area contributed by atoms with Crippen LogP contribution in [0.25, 0.3) is 0 Å². The molecule has 2 aromatic carbocycles. The quantitative estimate of drug-likeness (QED) is 0.647. The van der Waals surface area contributed by atoms with Crippen LogP contribution in [-0.2, 0) is 4.74 Å². The maximum Gasteiger partial charge on any atom is 0.255 e. The number of carbonyl (C=O) groups excluding carboxylic acids is 2. The van der Waals surface area contributed by atoms with Gasteiger partial charge >= 0.3 is 0 Å². The van der Waals surface area contributed by atoms with Crippen molar-refractivity contribution in [2.24, 2.45) is 5.92 Å². The van der Waals surface area contributed by atoms with Crippen LogP contribution in [0.2, 0.25) is 0 Å². The summed E-state index contributed by atoms with van der Waals surface area (Å²) < 4.78 is 11.3. The molecule has 0 saturated carbocycles. The number of hydrogen-bond donors (Lipinski definition) is 2. The summed E-state index contributed by atoms with van der Waals surface area (Å²) in [7, 11) is 0. The molecule has 2 N–H and O–H groups in total. The van der Waals surface area contributed by atoms with Gasteiger partial charge in [-0.1, -0.05) is 32.0 Å². The number of amides is 2. The zero-order valence-corrected chi connectivity index (χ0v) is 17.6. The number of nitrogens with one attached hydrogen (secondary N) is 2. The molecule has 0 bridgehead atoms. The predicted molar refractivity (Wildman–Crippen MR) is 117 cm³/mol. The second-order valence-corrected chi connectivity index (χ2v) is 7.90. The lowest BCUT2D eigenvalue weighted by molar-refractivity contribution is 0.0858. The van der Waals surface area contributed by atoms with Crippen LogP contribution in [0.1, 0.15) is 53.8 Å². The van der Waals surface area contributed by atoms with Gasteiger partial charge in [-0.3, -0.25) is 9.59 Å². The van der Waals surface area contributed by atoms with Crippen LogP contribution >= 0.6 is 0 Å². The lowest BCUT2D eigenvalue weighted by Gasteiger charge is -2.14. The Balaban J connectivity index is 1.63. The molecular weight excluding hydrogens is 380 g/mol. The maximum atomic E-state index is 12.8. The summed E-state index contributed by atoms with van der Waals surface area (Å²) in [6, 6.07) is 14.1. The highest BCUT2D eigenvalue weighted by Gasteiger charge is 2.19. The van der Waals surface area contributed by atoms with Crippen molar-refractivity contribution in [3.63, 3.8) is 0 Å². The fourth-order valence-corrected chi connectivity index (χ4v) is 3.23. The summed E-state index contributed by atoms with van der Waals surface area (Å²) in [6.45, 7) is 6.10. The topological polar surface area (TPSA) is 76.7 Å². The largest absolute Gasteiger partial charge is 0.494 e. The van der Waals surface area contributed by atoms with Crippen molar-refractivity contribution in [3.8, 4) is 5.75 Å². The monoisotopic (exact) mass is 410 g/mol. The van der Waals surface area contributed by atoms with Crippen molar-refractivity contribution in [2.75, 3.05) is 25.1 Å². The van der Waals surface area contributed by atoms with E-state index in [1.54, 1.807) is 42.5 Å². The van der Waals surface area contributed by atoms with Gasteiger partial charge in [0.1, 0.15) is 5.75 Å². The highest BCUT2D eigenvalue weighted by atomic mass is 16.5. The minimum absolute atomic E-state index is 0.0640. The SMILES string of the molecule is CC(C)CCOc1cccc(C(=O)Nc2ccccc2C(=O)NC[C@@H]2CCCO2)c1. The van der Waals surface area contributed by atoms with E-state index in [2.05, 4.69) is 24.5 Å². The highest BCUT2D eigenvalue weighted by molar-refractivity contribution is 6.09. The Morgan fingerprint density at radius 3 is 2.73 bits per heavy atom. The Bertz CT molecular complexity index is 860. The minimum atomic E-state index is -0.288. The van der Waals surface area contributed by atoms with E-state index in [1.165, 1.54) is 0 Å². The van der Waals surface area contributed by atoms with Crippen LogP contribution in [0.4, 0.5) is 5.69 Å². The maximum absolute atomic E-state index is 12.8. The molecule has 1 aliphatic heterocycles. The molecule has 0 aromatic heterocycles. The Morgan fingerprint density at radius 1 is 1.13 bits per heavy atom. The van der Waals surface area contributed by atoms with Crippen LogP contribution in [-0.4, -0.2) is 37.7 Å². The molecule has 1 fully saturated rings. The molecule has 0 aliphatic carbocycles. The van der Waals surface area contributed by atoms with Gasteiger partial charge in [-0.15, -0.1) is 0 Å². The Labute approximate surface area is 178 Å². The lowest BCUT2D eigenvalue weighted by Crippen LogP contribution is -2.32. The molecule has 30 heavy (non-hydrogen) atoms. The van der Waals surface area contributed by atoms with E-state index in [0.29, 0.717) is 41.6 Å². The van der Waals surface area contributed by atoms with Gasteiger partial charge in [-0.25, -0.2) is 0 Å². The fourth-order valence-electron chi connectivity index (χ4n) is 3.23. The molecular formula is C24H30N2O4. The molecule has 0 radical (unpaired) electrons. The van der Waals surface area contributed by atoms with Crippen LogP contribution in [0.5, 0.6) is 5.75 Å². The lowest BCUT2D eigenvalue weighted by atomic mass is 10.1. The van der Waals surface area contributed by atoms with Gasteiger partial charge in [0, 0.05) is 18.7 Å². The first-order valence-corrected chi connectivity index (χ1v) is 10.6. The number of rotatable bonds is 9. The highest BCUT2D eigenvalue weighted by Crippen LogP contribution is 2.19. The second-order valence-electron chi connectivity index (χ2n) is 7.90. The molecule has 2 amide bonds. The molecule has 6 nitrogen and oxygen atoms in total. The summed E-state index contributed by atoms with van der Waals surface area (Å²) >= 11 is 0. The summed E-state index contributed by atoms with van der Waals surface area (Å²) in [5.74, 6) is 0.695. The zero-order chi connectivity index (χ0) is 21.3. The van der Waals surface area contributed by atoms with Crippen molar-refractivity contribution in [2.45, 2.75) is 39.2 Å². The molecule has 2 aromatic rings. The Kier molecular flexibility index (Phi) is 7.85. The molecule has 1 heterocycles. The minimum Gasteiger partial charge on any atom is -0.494 e. The number of benzene rings is 2. The molecule has 1 aliphatic rings. The Hall–Kier alpha value is -2.86. The van der Waals surface area contributed by atoms with Gasteiger partial charge in [0.2, 0.25) is 0 Å². The second kappa shape index (κ2) is 10.8. The summed E-state index contributed by atoms with van der Waals surface area (Å²) in [5.41, 5.74) is 1.37. The van der Waals surface area contributed by atoms with Crippen LogP contribution in [0.15, 0.2) is 48.5 Å². The summed E-state index contributed by atoms with van der Waals surface area (Å²) in [6.07, 6.45) is 2.99. The summed E-state index contributed by atoms with van der Waals surface area (Å²) in [5, 5.41) is 5.75. The number of ether oxygens (including phenoxy) is 2. The molecule has 160 valence electrons. The summed E-state index contributed by atoms with van der Waals surface area (Å²) in [4.78, 5) is 25.4. The van der Waals surface area contributed by atoms with Crippen LogP contribution < -0.4 is 15.4 Å². The smallest absolute Gasteiger partial charge is 0.255 e. The molecule has 1 saturated heterocycles. The van der Waals surface area contributed by atoms with Gasteiger partial charge in [-0.2, -0.15) is 0 Å². The first-order valence-electron chi connectivity index (χ1n) is 10.6. The van der Waals surface area contributed by atoms with E-state index in [-0.39, 0.29) is 17.9 Å².